The highest BCUT2D eigenvalue weighted by Gasteiger charge is 2.47. The second kappa shape index (κ2) is 16.9. The van der Waals surface area contributed by atoms with E-state index < -0.39 is 29.7 Å². The number of nitrogens with zero attached hydrogens (tertiary/aromatic N) is 7. The fraction of sp³-hybridized carbons (Fsp3) is 0.467. The lowest BCUT2D eigenvalue weighted by Crippen LogP contribution is -2.54. The van der Waals surface area contributed by atoms with E-state index in [1.807, 2.05) is 38.1 Å². The molecule has 5 amide bonds. The van der Waals surface area contributed by atoms with Gasteiger partial charge in [0.15, 0.2) is 18.2 Å². The number of aromatic nitrogens is 3. The summed E-state index contributed by atoms with van der Waals surface area (Å²) in [6.07, 6.45) is 6.84. The van der Waals surface area contributed by atoms with Crippen molar-refractivity contribution in [1.29, 1.82) is 0 Å². The molecule has 17 nitrogen and oxygen atoms in total. The van der Waals surface area contributed by atoms with E-state index in [0.29, 0.717) is 39.6 Å². The molecule has 4 fully saturated rings. The Kier molecular flexibility index (Phi) is 11.3. The highest BCUT2D eigenvalue weighted by molar-refractivity contribution is 6.33. The number of fused-ring (bicyclic) bond motifs is 2. The van der Waals surface area contributed by atoms with Crippen LogP contribution in [-0.4, -0.2) is 119 Å². The smallest absolute Gasteiger partial charge is 0.293 e. The zero-order valence-electron chi connectivity index (χ0n) is 35.6. The number of pyridine rings is 1. The first-order valence-electron chi connectivity index (χ1n) is 21.7. The van der Waals surface area contributed by atoms with E-state index in [4.69, 9.17) is 21.3 Å². The van der Waals surface area contributed by atoms with Crippen LogP contribution in [-0.2, 0) is 14.4 Å². The number of nitrogens with one attached hydrogen (secondary N) is 3. The zero-order valence-corrected chi connectivity index (χ0v) is 36.4. The maximum atomic E-state index is 13.7. The first kappa shape index (κ1) is 42.2. The predicted molar refractivity (Wildman–Crippen MR) is 237 cm³/mol. The molecule has 4 saturated heterocycles. The molecule has 1 unspecified atom stereocenters. The monoisotopic (exact) mass is 878 g/mol. The number of imide groups is 2. The molecule has 330 valence electrons. The Labute approximate surface area is 369 Å². The maximum Gasteiger partial charge on any atom is 0.293 e. The fourth-order valence-corrected chi connectivity index (χ4v) is 10.2. The van der Waals surface area contributed by atoms with Crippen molar-refractivity contribution in [3.8, 4) is 5.75 Å². The number of likely N-dealkylation sites (N-methyl/N-ethyl adjacent to an activating group) is 1. The average Bonchev–Trinajstić information content (AvgIpc) is 3.80. The number of rotatable bonds is 10. The summed E-state index contributed by atoms with van der Waals surface area (Å²) in [4.78, 5) is 94.3. The van der Waals surface area contributed by atoms with Gasteiger partial charge in [-0.15, -0.1) is 0 Å². The number of benzene rings is 2. The van der Waals surface area contributed by atoms with Crippen LogP contribution in [0.1, 0.15) is 85.6 Å². The van der Waals surface area contributed by atoms with Gasteiger partial charge in [0.25, 0.3) is 23.3 Å². The number of piperidine rings is 3. The lowest BCUT2D eigenvalue weighted by Gasteiger charge is -2.41. The van der Waals surface area contributed by atoms with Crippen LogP contribution >= 0.6 is 11.6 Å². The van der Waals surface area contributed by atoms with E-state index in [2.05, 4.69) is 35.6 Å². The largest absolute Gasteiger partial charge is 0.478 e. The Hall–Kier alpha value is -6.07. The van der Waals surface area contributed by atoms with Crippen LogP contribution in [0.3, 0.4) is 0 Å². The highest BCUT2D eigenvalue weighted by Crippen LogP contribution is 2.43. The number of hydrogen-bond donors (Lipinski definition) is 3. The minimum Gasteiger partial charge on any atom is -0.478 e. The standard InChI is InChI=1S/C45H51ClN10O7/c1-26(2)55-32-8-7-28(21-27(32)22-35(42(55)61)63-24-37(58)47-3)49-39-31(46)23-48-44(51-39)53-18-13-45(14-19-53)15-20-54(25-45)29-11-16-52(17-12-29)33-6-4-5-30-38(33)43(62)56(41(30)60)34-9-10-36(57)50-40(34)59/h4-8,21-23,26,29,34H,9-20,24-25H2,1-3H3,(H,47,58)(H,48,49,51)(H,50,57,59). The Morgan fingerprint density at radius 2 is 1.71 bits per heavy atom. The third kappa shape index (κ3) is 7.96. The Morgan fingerprint density at radius 3 is 2.44 bits per heavy atom. The molecule has 4 aromatic rings. The molecule has 0 radical (unpaired) electrons. The molecular weight excluding hydrogens is 828 g/mol. The van der Waals surface area contributed by atoms with E-state index in [-0.39, 0.29) is 48.1 Å². The summed E-state index contributed by atoms with van der Waals surface area (Å²) in [6.45, 7) is 8.76. The van der Waals surface area contributed by atoms with E-state index in [9.17, 15) is 28.8 Å². The van der Waals surface area contributed by atoms with Crippen molar-refractivity contribution in [2.45, 2.75) is 76.9 Å². The van der Waals surface area contributed by atoms with Crippen LogP contribution in [0, 0.1) is 5.41 Å². The number of amides is 5. The molecule has 7 heterocycles. The van der Waals surface area contributed by atoms with Crippen molar-refractivity contribution in [3.05, 3.63) is 75.2 Å². The van der Waals surface area contributed by atoms with Crippen molar-refractivity contribution in [2.24, 2.45) is 5.41 Å². The van der Waals surface area contributed by atoms with Crippen LogP contribution in [0.4, 0.5) is 23.1 Å². The van der Waals surface area contributed by atoms with Gasteiger partial charge in [0.2, 0.25) is 17.8 Å². The third-order valence-corrected chi connectivity index (χ3v) is 13.8. The molecule has 3 N–H and O–H groups in total. The predicted octanol–water partition coefficient (Wildman–Crippen LogP) is 4.26. The molecule has 5 aliphatic rings. The minimum atomic E-state index is -0.993. The van der Waals surface area contributed by atoms with E-state index in [1.165, 1.54) is 7.05 Å². The summed E-state index contributed by atoms with van der Waals surface area (Å²) in [5.41, 5.74) is 2.71. The lowest BCUT2D eigenvalue weighted by atomic mass is 9.78. The van der Waals surface area contributed by atoms with Gasteiger partial charge in [-0.25, -0.2) is 4.98 Å². The number of anilines is 4. The molecule has 2 aromatic carbocycles. The number of carbonyl (C=O) groups is 5. The summed E-state index contributed by atoms with van der Waals surface area (Å²) in [6, 6.07) is 11.9. The van der Waals surface area contributed by atoms with Crippen molar-refractivity contribution in [3.63, 3.8) is 0 Å². The first-order chi connectivity index (χ1) is 30.3. The average molecular weight is 879 g/mol. The zero-order chi connectivity index (χ0) is 44.2. The number of halogens is 1. The van der Waals surface area contributed by atoms with Gasteiger partial charge in [-0.3, -0.25) is 43.9 Å². The number of likely N-dealkylation sites (tertiary alicyclic amines) is 1. The van der Waals surface area contributed by atoms with Crippen molar-refractivity contribution in [2.75, 3.05) is 68.0 Å². The quantitative estimate of drug-likeness (QED) is 0.192. The van der Waals surface area contributed by atoms with E-state index >= 15 is 0 Å². The molecule has 1 spiro atoms. The van der Waals surface area contributed by atoms with Crippen LogP contribution in [0.15, 0.2) is 53.5 Å². The maximum absolute atomic E-state index is 13.7. The number of ether oxygens (including phenoxy) is 1. The van der Waals surface area contributed by atoms with E-state index in [0.717, 1.165) is 92.9 Å². The molecule has 18 heteroatoms. The summed E-state index contributed by atoms with van der Waals surface area (Å²) in [5.74, 6) is -1.14. The lowest BCUT2D eigenvalue weighted by molar-refractivity contribution is -0.136. The Bertz CT molecular complexity index is 2580. The normalized spacial score (nSPS) is 20.5. The topological polar surface area (TPSA) is 191 Å². The van der Waals surface area contributed by atoms with Gasteiger partial charge in [-0.05, 0) is 101 Å². The van der Waals surface area contributed by atoms with Gasteiger partial charge >= 0.3 is 0 Å². The summed E-state index contributed by atoms with van der Waals surface area (Å²) in [5, 5.41) is 9.25. The molecule has 2 aromatic heterocycles. The van der Waals surface area contributed by atoms with Gasteiger partial charge < -0.3 is 29.7 Å². The van der Waals surface area contributed by atoms with Crippen LogP contribution in [0.25, 0.3) is 10.9 Å². The van der Waals surface area contributed by atoms with Gasteiger partial charge in [0, 0.05) is 69.3 Å². The van der Waals surface area contributed by atoms with Gasteiger partial charge in [0.05, 0.1) is 28.5 Å². The van der Waals surface area contributed by atoms with E-state index in [1.54, 1.807) is 29.0 Å². The van der Waals surface area contributed by atoms with Crippen LogP contribution in [0.2, 0.25) is 5.02 Å². The van der Waals surface area contributed by atoms with Crippen LogP contribution < -0.4 is 36.0 Å². The highest BCUT2D eigenvalue weighted by atomic mass is 35.5. The fourth-order valence-electron chi connectivity index (χ4n) is 10.1. The van der Waals surface area contributed by atoms with Gasteiger partial charge in [-0.2, -0.15) is 4.98 Å². The Morgan fingerprint density at radius 1 is 0.952 bits per heavy atom. The second-order valence-corrected chi connectivity index (χ2v) is 18.0. The molecule has 0 saturated carbocycles. The summed E-state index contributed by atoms with van der Waals surface area (Å²) >= 11 is 6.64. The SMILES string of the molecule is CNC(=O)COc1cc2cc(Nc3nc(N4CCC5(CC4)CCN(C4CCN(c6cccc7c6C(=O)N(C6CCC(=O)NC6=O)C7=O)CC4)C5)ncc3Cl)ccc2n(C(C)C)c1=O. The number of hydrogen-bond acceptors (Lipinski definition) is 13. The molecule has 0 bridgehead atoms. The Balaban J connectivity index is 0.816. The first-order valence-corrected chi connectivity index (χ1v) is 22.1. The second-order valence-electron chi connectivity index (χ2n) is 17.6. The number of carbonyl (C=O) groups excluding carboxylic acids is 5. The molecular formula is C45H51ClN10O7. The van der Waals surface area contributed by atoms with Gasteiger partial charge in [-0.1, -0.05) is 17.7 Å². The van der Waals surface area contributed by atoms with Crippen molar-refractivity contribution in [1.82, 2.24) is 35.0 Å². The summed E-state index contributed by atoms with van der Waals surface area (Å²) < 4.78 is 7.28. The van der Waals surface area contributed by atoms with Gasteiger partial charge in [0.1, 0.15) is 11.1 Å². The molecule has 63 heavy (non-hydrogen) atoms. The molecule has 1 atom stereocenters. The molecule has 9 rings (SSSR count). The van der Waals surface area contributed by atoms with Crippen molar-refractivity contribution < 1.29 is 28.7 Å². The third-order valence-electron chi connectivity index (χ3n) is 13.5. The minimum absolute atomic E-state index is 0.0823. The molecule has 5 aliphatic heterocycles. The van der Waals surface area contributed by atoms with Crippen molar-refractivity contribution >= 4 is 75.2 Å². The van der Waals surface area contributed by atoms with Crippen LogP contribution in [0.5, 0.6) is 5.75 Å². The molecule has 0 aliphatic carbocycles. The summed E-state index contributed by atoms with van der Waals surface area (Å²) in [7, 11) is 1.51.